The van der Waals surface area contributed by atoms with Gasteiger partial charge < -0.3 is 19.1 Å². The van der Waals surface area contributed by atoms with E-state index >= 15 is 0 Å². The summed E-state index contributed by atoms with van der Waals surface area (Å²) in [5.41, 5.74) is 1.08. The maximum atomic E-state index is 13.2. The number of hydrogen-bond acceptors (Lipinski definition) is 6. The van der Waals surface area contributed by atoms with Crippen molar-refractivity contribution < 1.29 is 19.0 Å². The second-order valence-electron chi connectivity index (χ2n) is 9.32. The van der Waals surface area contributed by atoms with Crippen LogP contribution in [-0.4, -0.2) is 93.9 Å². The van der Waals surface area contributed by atoms with E-state index in [-0.39, 0.29) is 11.9 Å². The Balaban J connectivity index is 1.26. The van der Waals surface area contributed by atoms with Crippen molar-refractivity contribution in [1.82, 2.24) is 14.7 Å². The van der Waals surface area contributed by atoms with Gasteiger partial charge in [-0.15, -0.1) is 0 Å². The lowest BCUT2D eigenvalue weighted by molar-refractivity contribution is -0.133. The summed E-state index contributed by atoms with van der Waals surface area (Å²) >= 11 is 0. The van der Waals surface area contributed by atoms with Gasteiger partial charge in [0.1, 0.15) is 11.5 Å². The number of amides is 1. The number of rotatable bonds is 8. The van der Waals surface area contributed by atoms with Crippen LogP contribution in [0.4, 0.5) is 0 Å². The molecule has 0 aliphatic carbocycles. The molecule has 1 amide bonds. The molecule has 178 valence electrons. The lowest BCUT2D eigenvalue weighted by Gasteiger charge is -2.35. The molecule has 0 radical (unpaired) electrons. The van der Waals surface area contributed by atoms with E-state index in [0.29, 0.717) is 6.54 Å². The minimum atomic E-state index is 0.0921. The first-order valence-corrected chi connectivity index (χ1v) is 12.2. The number of carbonyl (C=O) groups excluding carboxylic acids is 1. The van der Waals surface area contributed by atoms with E-state index in [1.54, 1.807) is 14.2 Å². The largest absolute Gasteiger partial charge is 0.497 e. The first-order chi connectivity index (χ1) is 15.7. The van der Waals surface area contributed by atoms with Crippen molar-refractivity contribution in [3.05, 3.63) is 23.8 Å². The van der Waals surface area contributed by atoms with Crippen molar-refractivity contribution in [2.45, 2.75) is 38.1 Å². The van der Waals surface area contributed by atoms with Crippen molar-refractivity contribution in [3.63, 3.8) is 0 Å². The summed E-state index contributed by atoms with van der Waals surface area (Å²) in [6.45, 7) is 8.51. The summed E-state index contributed by atoms with van der Waals surface area (Å²) in [5.74, 6) is 2.61. The molecule has 1 aromatic rings. The van der Waals surface area contributed by atoms with Crippen molar-refractivity contribution in [2.75, 3.05) is 73.2 Å². The van der Waals surface area contributed by atoms with Gasteiger partial charge in [-0.2, -0.15) is 0 Å². The van der Waals surface area contributed by atoms with Gasteiger partial charge in [-0.3, -0.25) is 14.6 Å². The van der Waals surface area contributed by atoms with Crippen LogP contribution in [0.2, 0.25) is 0 Å². The van der Waals surface area contributed by atoms with Crippen LogP contribution in [0.15, 0.2) is 18.2 Å². The normalized spacial score (nSPS) is 23.4. The van der Waals surface area contributed by atoms with Gasteiger partial charge in [0.05, 0.1) is 40.0 Å². The first kappa shape index (κ1) is 23.3. The third-order valence-electron chi connectivity index (χ3n) is 7.40. The Morgan fingerprint density at radius 2 is 1.78 bits per heavy atom. The average molecular weight is 446 g/mol. The molecule has 0 saturated carbocycles. The van der Waals surface area contributed by atoms with Gasteiger partial charge in [0.2, 0.25) is 5.91 Å². The highest BCUT2D eigenvalue weighted by molar-refractivity contribution is 5.79. The molecule has 1 aromatic carbocycles. The second kappa shape index (κ2) is 11.3. The van der Waals surface area contributed by atoms with Crippen LogP contribution >= 0.6 is 0 Å². The maximum absolute atomic E-state index is 13.2. The number of methoxy groups -OCH3 is 2. The van der Waals surface area contributed by atoms with Gasteiger partial charge in [0.15, 0.2) is 0 Å². The summed E-state index contributed by atoms with van der Waals surface area (Å²) in [6.07, 6.45) is 5.70. The zero-order valence-corrected chi connectivity index (χ0v) is 19.8. The Morgan fingerprint density at radius 3 is 2.50 bits per heavy atom. The van der Waals surface area contributed by atoms with Crippen LogP contribution in [0, 0.1) is 5.92 Å². The van der Waals surface area contributed by atoms with E-state index in [1.165, 1.54) is 25.8 Å². The molecular weight excluding hydrogens is 406 g/mol. The topological polar surface area (TPSA) is 54.5 Å². The molecule has 0 N–H and O–H groups in total. The second-order valence-corrected chi connectivity index (χ2v) is 9.32. The zero-order chi connectivity index (χ0) is 22.3. The fourth-order valence-electron chi connectivity index (χ4n) is 5.39. The van der Waals surface area contributed by atoms with Crippen molar-refractivity contribution in [1.29, 1.82) is 0 Å². The number of morpholine rings is 1. The third-order valence-corrected chi connectivity index (χ3v) is 7.40. The van der Waals surface area contributed by atoms with Crippen molar-refractivity contribution >= 4 is 5.91 Å². The van der Waals surface area contributed by atoms with E-state index in [4.69, 9.17) is 14.2 Å². The molecule has 3 aliphatic heterocycles. The molecule has 1 atom stereocenters. The van der Waals surface area contributed by atoms with Gasteiger partial charge in [0.25, 0.3) is 0 Å². The van der Waals surface area contributed by atoms with Gasteiger partial charge in [-0.1, -0.05) is 0 Å². The van der Waals surface area contributed by atoms with E-state index in [9.17, 15) is 4.79 Å². The molecule has 32 heavy (non-hydrogen) atoms. The number of benzene rings is 1. The summed E-state index contributed by atoms with van der Waals surface area (Å²) in [4.78, 5) is 20.2. The predicted molar refractivity (Wildman–Crippen MR) is 124 cm³/mol. The highest BCUT2D eigenvalue weighted by atomic mass is 16.5. The Bertz CT molecular complexity index is 745. The quantitative estimate of drug-likeness (QED) is 0.613. The molecular formula is C25H39N3O4. The SMILES string of the molecule is COc1ccc(C2CCCN2C(=O)CN2CCC(CCN3CCOCC3)CC2)c(OC)c1. The minimum Gasteiger partial charge on any atom is -0.497 e. The fraction of sp³-hybridized carbons (Fsp3) is 0.720. The summed E-state index contributed by atoms with van der Waals surface area (Å²) in [5, 5.41) is 0. The monoisotopic (exact) mass is 445 g/mol. The molecule has 3 aliphatic rings. The highest BCUT2D eigenvalue weighted by Crippen LogP contribution is 2.38. The summed E-state index contributed by atoms with van der Waals surface area (Å²) in [7, 11) is 3.34. The Morgan fingerprint density at radius 1 is 1.00 bits per heavy atom. The molecule has 7 nitrogen and oxygen atoms in total. The number of hydrogen-bond donors (Lipinski definition) is 0. The van der Waals surface area contributed by atoms with Crippen molar-refractivity contribution in [2.24, 2.45) is 5.92 Å². The fourth-order valence-corrected chi connectivity index (χ4v) is 5.39. The third kappa shape index (κ3) is 5.74. The minimum absolute atomic E-state index is 0.0921. The standard InChI is InChI=1S/C25H39N3O4/c1-30-21-5-6-22(24(18-21)31-2)23-4-3-10-28(23)25(29)19-27-12-8-20(9-13-27)7-11-26-14-16-32-17-15-26/h5-6,18,20,23H,3-4,7-17,19H2,1-2H3. The van der Waals surface area contributed by atoms with E-state index in [0.717, 1.165) is 81.8 Å². The van der Waals surface area contributed by atoms with Crippen LogP contribution < -0.4 is 9.47 Å². The highest BCUT2D eigenvalue weighted by Gasteiger charge is 2.33. The van der Waals surface area contributed by atoms with Gasteiger partial charge in [0, 0.05) is 31.3 Å². The Kier molecular flexibility index (Phi) is 8.27. The van der Waals surface area contributed by atoms with Crippen LogP contribution in [0.25, 0.3) is 0 Å². The van der Waals surface area contributed by atoms with Crippen LogP contribution in [0.3, 0.4) is 0 Å². The number of carbonyl (C=O) groups is 1. The molecule has 1 unspecified atom stereocenters. The number of ether oxygens (including phenoxy) is 3. The number of nitrogens with zero attached hydrogens (tertiary/aromatic N) is 3. The van der Waals surface area contributed by atoms with Crippen LogP contribution in [0.1, 0.15) is 43.7 Å². The first-order valence-electron chi connectivity index (χ1n) is 12.2. The van der Waals surface area contributed by atoms with Crippen molar-refractivity contribution in [3.8, 4) is 11.5 Å². The van der Waals surface area contributed by atoms with Gasteiger partial charge in [-0.25, -0.2) is 0 Å². The van der Waals surface area contributed by atoms with E-state index in [1.807, 2.05) is 18.2 Å². The smallest absolute Gasteiger partial charge is 0.237 e. The molecule has 0 bridgehead atoms. The molecule has 4 rings (SSSR count). The zero-order valence-electron chi connectivity index (χ0n) is 19.8. The molecule has 3 heterocycles. The maximum Gasteiger partial charge on any atom is 0.237 e. The van der Waals surface area contributed by atoms with Gasteiger partial charge >= 0.3 is 0 Å². The lowest BCUT2D eigenvalue weighted by atomic mass is 9.93. The summed E-state index contributed by atoms with van der Waals surface area (Å²) in [6, 6.07) is 6.02. The predicted octanol–water partition coefficient (Wildman–Crippen LogP) is 2.80. The molecule has 0 spiro atoms. The lowest BCUT2D eigenvalue weighted by Crippen LogP contribution is -2.44. The molecule has 3 fully saturated rings. The van der Waals surface area contributed by atoms with Crippen LogP contribution in [0.5, 0.6) is 11.5 Å². The summed E-state index contributed by atoms with van der Waals surface area (Å²) < 4.78 is 16.4. The number of piperidine rings is 1. The van der Waals surface area contributed by atoms with Gasteiger partial charge in [-0.05, 0) is 69.8 Å². The van der Waals surface area contributed by atoms with E-state index in [2.05, 4.69) is 14.7 Å². The number of likely N-dealkylation sites (tertiary alicyclic amines) is 2. The molecule has 7 heteroatoms. The Hall–Kier alpha value is -1.83. The average Bonchev–Trinajstić information content (AvgIpc) is 3.34. The molecule has 0 aromatic heterocycles. The van der Waals surface area contributed by atoms with E-state index < -0.39 is 0 Å². The Labute approximate surface area is 192 Å². The molecule has 3 saturated heterocycles. The van der Waals surface area contributed by atoms with Crippen LogP contribution in [-0.2, 0) is 9.53 Å².